The number of carbonyl (C=O) groups is 2. The number of carbonyl (C=O) groups excluding carboxylic acids is 2. The summed E-state index contributed by atoms with van der Waals surface area (Å²) < 4.78 is 0. The molecule has 0 fully saturated rings. The normalized spacial score (nSPS) is 14.2. The minimum Gasteiger partial charge on any atom is -0.396 e. The summed E-state index contributed by atoms with van der Waals surface area (Å²) in [5.74, 6) is -1.00. The van der Waals surface area contributed by atoms with Crippen molar-refractivity contribution < 1.29 is 14.7 Å². The average Bonchev–Trinajstić information content (AvgIpc) is 2.61. The largest absolute Gasteiger partial charge is 0.396 e. The highest BCUT2D eigenvalue weighted by Crippen LogP contribution is 2.35. The molecule has 1 aromatic carbocycles. The van der Waals surface area contributed by atoms with Crippen LogP contribution < -0.4 is 4.90 Å². The van der Waals surface area contributed by atoms with Crippen molar-refractivity contribution in [2.75, 3.05) is 18.1 Å². The Labute approximate surface area is 110 Å². The molecule has 4 nitrogen and oxygen atoms in total. The fraction of sp³-hybridized carbons (Fsp3) is 0.385. The molecular weight excluding hydrogens is 254 g/mol. The summed E-state index contributed by atoms with van der Waals surface area (Å²) in [5, 5.41) is 9.12. The number of amides is 1. The van der Waals surface area contributed by atoms with E-state index in [0.717, 1.165) is 12.8 Å². The lowest BCUT2D eigenvalue weighted by molar-refractivity contribution is -0.114. The van der Waals surface area contributed by atoms with Crippen LogP contribution in [0, 0.1) is 0 Å². The van der Waals surface area contributed by atoms with E-state index in [9.17, 15) is 9.59 Å². The third kappa shape index (κ3) is 2.26. The second-order valence-corrected chi connectivity index (χ2v) is 4.61. The summed E-state index contributed by atoms with van der Waals surface area (Å²) in [4.78, 5) is 25.0. The van der Waals surface area contributed by atoms with E-state index in [0.29, 0.717) is 29.2 Å². The molecule has 0 aliphatic carbocycles. The predicted molar refractivity (Wildman–Crippen MR) is 69.1 cm³/mol. The first-order chi connectivity index (χ1) is 8.66. The Morgan fingerprint density at radius 2 is 1.94 bits per heavy atom. The van der Waals surface area contributed by atoms with Crippen LogP contribution in [0.25, 0.3) is 0 Å². The summed E-state index contributed by atoms with van der Waals surface area (Å²) >= 11 is 6.05. The molecule has 2 rings (SSSR count). The Morgan fingerprint density at radius 3 is 2.67 bits per heavy atom. The maximum atomic E-state index is 11.8. The van der Waals surface area contributed by atoms with Crippen molar-refractivity contribution in [3.63, 3.8) is 0 Å². The van der Waals surface area contributed by atoms with Crippen molar-refractivity contribution in [3.05, 3.63) is 28.8 Å². The van der Waals surface area contributed by atoms with Gasteiger partial charge in [-0.2, -0.15) is 0 Å². The first-order valence-electron chi connectivity index (χ1n) is 5.92. The van der Waals surface area contributed by atoms with Crippen molar-refractivity contribution >= 4 is 29.0 Å². The van der Waals surface area contributed by atoms with Crippen LogP contribution in [0.3, 0.4) is 0 Å². The van der Waals surface area contributed by atoms with Gasteiger partial charge in [0.05, 0.1) is 16.3 Å². The highest BCUT2D eigenvalue weighted by atomic mass is 35.5. The van der Waals surface area contributed by atoms with Gasteiger partial charge in [0.2, 0.25) is 0 Å². The van der Waals surface area contributed by atoms with Gasteiger partial charge < -0.3 is 10.0 Å². The number of rotatable bonds is 5. The maximum Gasteiger partial charge on any atom is 0.299 e. The van der Waals surface area contributed by atoms with Crippen LogP contribution in [-0.4, -0.2) is 29.9 Å². The number of aliphatic hydroxyl groups is 1. The van der Waals surface area contributed by atoms with Gasteiger partial charge in [0, 0.05) is 13.2 Å². The predicted octanol–water partition coefficient (Wildman–Crippen LogP) is 2.03. The topological polar surface area (TPSA) is 57.6 Å². The van der Waals surface area contributed by atoms with Crippen LogP contribution in [0.4, 0.5) is 5.69 Å². The molecule has 1 aliphatic heterocycles. The average molecular weight is 268 g/mol. The third-order valence-corrected chi connectivity index (χ3v) is 3.29. The van der Waals surface area contributed by atoms with E-state index in [1.165, 1.54) is 4.90 Å². The number of nitrogens with zero attached hydrogens (tertiary/aromatic N) is 1. The summed E-state index contributed by atoms with van der Waals surface area (Å²) in [5.41, 5.74) is 0.910. The minimum absolute atomic E-state index is 0.143. The molecule has 96 valence electrons. The zero-order valence-electron chi connectivity index (χ0n) is 9.86. The smallest absolute Gasteiger partial charge is 0.299 e. The fourth-order valence-electron chi connectivity index (χ4n) is 2.08. The van der Waals surface area contributed by atoms with Crippen molar-refractivity contribution in [3.8, 4) is 0 Å². The number of para-hydroxylation sites is 1. The lowest BCUT2D eigenvalue weighted by Gasteiger charge is -2.17. The molecule has 0 bridgehead atoms. The van der Waals surface area contributed by atoms with Gasteiger partial charge in [-0.05, 0) is 31.4 Å². The number of hydrogen-bond donors (Lipinski definition) is 1. The van der Waals surface area contributed by atoms with E-state index in [-0.39, 0.29) is 6.61 Å². The molecule has 1 aliphatic rings. The molecule has 1 aromatic rings. The molecule has 1 amide bonds. The van der Waals surface area contributed by atoms with Gasteiger partial charge in [0.1, 0.15) is 0 Å². The first kappa shape index (κ1) is 13.1. The zero-order valence-corrected chi connectivity index (χ0v) is 10.6. The number of Topliss-reactive ketones (excluding diaryl/α,β-unsaturated/α-hetero) is 1. The second kappa shape index (κ2) is 5.50. The molecule has 0 aromatic heterocycles. The molecule has 0 atom stereocenters. The van der Waals surface area contributed by atoms with Crippen LogP contribution in [0.2, 0.25) is 5.02 Å². The van der Waals surface area contributed by atoms with Crippen molar-refractivity contribution in [1.29, 1.82) is 0 Å². The summed E-state index contributed by atoms with van der Waals surface area (Å²) in [7, 11) is 0. The summed E-state index contributed by atoms with van der Waals surface area (Å²) in [6.45, 7) is 0.603. The number of halogens is 1. The number of benzene rings is 1. The summed E-state index contributed by atoms with van der Waals surface area (Å²) in [6.07, 6.45) is 2.25. The lowest BCUT2D eigenvalue weighted by atomic mass is 10.1. The van der Waals surface area contributed by atoms with Gasteiger partial charge in [-0.3, -0.25) is 9.59 Å². The Hall–Kier alpha value is -1.39. The number of aliphatic hydroxyl groups excluding tert-OH is 1. The maximum absolute atomic E-state index is 11.8. The molecule has 1 heterocycles. The molecule has 5 heteroatoms. The molecule has 18 heavy (non-hydrogen) atoms. The molecule has 1 N–H and O–H groups in total. The monoisotopic (exact) mass is 267 g/mol. The highest BCUT2D eigenvalue weighted by Gasteiger charge is 2.36. The quantitative estimate of drug-likeness (QED) is 0.656. The van der Waals surface area contributed by atoms with Gasteiger partial charge in [0.15, 0.2) is 0 Å². The first-order valence-corrected chi connectivity index (χ1v) is 6.30. The van der Waals surface area contributed by atoms with E-state index in [1.807, 2.05) is 0 Å². The van der Waals surface area contributed by atoms with E-state index < -0.39 is 11.7 Å². The number of fused-ring (bicyclic) bond motifs is 1. The Kier molecular flexibility index (Phi) is 3.99. The SMILES string of the molecule is O=C1C(=O)N(CCCCCO)c2c(Cl)cccc21. The van der Waals surface area contributed by atoms with Gasteiger partial charge in [-0.1, -0.05) is 17.7 Å². The Bertz CT molecular complexity index is 487. The van der Waals surface area contributed by atoms with E-state index in [4.69, 9.17) is 16.7 Å². The number of ketones is 1. The van der Waals surface area contributed by atoms with Crippen LogP contribution in [0.5, 0.6) is 0 Å². The third-order valence-electron chi connectivity index (χ3n) is 2.98. The van der Waals surface area contributed by atoms with Crippen LogP contribution in [0.15, 0.2) is 18.2 Å². The fourth-order valence-corrected chi connectivity index (χ4v) is 2.36. The number of unbranched alkanes of at least 4 members (excludes halogenated alkanes) is 2. The van der Waals surface area contributed by atoms with Crippen LogP contribution >= 0.6 is 11.6 Å². The van der Waals surface area contributed by atoms with Gasteiger partial charge in [0.25, 0.3) is 11.7 Å². The van der Waals surface area contributed by atoms with E-state index in [2.05, 4.69) is 0 Å². The molecule has 0 spiro atoms. The summed E-state index contributed by atoms with van der Waals surface area (Å²) in [6, 6.07) is 4.96. The minimum atomic E-state index is -0.512. The van der Waals surface area contributed by atoms with Crippen molar-refractivity contribution in [2.24, 2.45) is 0 Å². The van der Waals surface area contributed by atoms with Crippen LogP contribution in [0.1, 0.15) is 29.6 Å². The standard InChI is InChI=1S/C13H14ClNO3/c14-10-6-4-5-9-11(10)15(13(18)12(9)17)7-2-1-3-8-16/h4-6,16H,1-3,7-8H2. The number of hydrogen-bond acceptors (Lipinski definition) is 3. The van der Waals surface area contributed by atoms with Crippen LogP contribution in [-0.2, 0) is 4.79 Å². The molecule has 0 unspecified atom stereocenters. The lowest BCUT2D eigenvalue weighted by Crippen LogP contribution is -2.30. The van der Waals surface area contributed by atoms with E-state index in [1.54, 1.807) is 18.2 Å². The zero-order chi connectivity index (χ0) is 13.1. The van der Waals surface area contributed by atoms with Crippen molar-refractivity contribution in [2.45, 2.75) is 19.3 Å². The number of anilines is 1. The Morgan fingerprint density at radius 1 is 1.17 bits per heavy atom. The van der Waals surface area contributed by atoms with Crippen molar-refractivity contribution in [1.82, 2.24) is 0 Å². The second-order valence-electron chi connectivity index (χ2n) is 4.21. The van der Waals surface area contributed by atoms with Gasteiger partial charge in [-0.15, -0.1) is 0 Å². The highest BCUT2D eigenvalue weighted by molar-refractivity contribution is 6.54. The molecular formula is C13H14ClNO3. The van der Waals surface area contributed by atoms with Gasteiger partial charge >= 0.3 is 0 Å². The van der Waals surface area contributed by atoms with E-state index >= 15 is 0 Å². The Balaban J connectivity index is 2.17. The molecule has 0 radical (unpaired) electrons. The molecule has 0 saturated heterocycles. The van der Waals surface area contributed by atoms with Gasteiger partial charge in [-0.25, -0.2) is 0 Å². The molecule has 0 saturated carbocycles.